The van der Waals surface area contributed by atoms with Gasteiger partial charge in [0.2, 0.25) is 27.7 Å². The van der Waals surface area contributed by atoms with E-state index in [1.165, 1.54) is 4.90 Å². The number of methoxy groups -OCH3 is 1. The van der Waals surface area contributed by atoms with E-state index in [1.54, 1.807) is 27.9 Å². The highest BCUT2D eigenvalue weighted by molar-refractivity contribution is 7.90. The molecule has 14 nitrogen and oxygen atoms in total. The lowest BCUT2D eigenvalue weighted by atomic mass is 9.82. The maximum Gasteiger partial charge on any atom is 0.307 e. The summed E-state index contributed by atoms with van der Waals surface area (Å²) < 4.78 is 58.2. The van der Waals surface area contributed by atoms with Gasteiger partial charge in [0.05, 0.1) is 48.4 Å². The van der Waals surface area contributed by atoms with Crippen molar-refractivity contribution in [1.29, 1.82) is 0 Å². The number of pyridine rings is 1. The fourth-order valence-corrected chi connectivity index (χ4v) is 10.9. The van der Waals surface area contributed by atoms with Gasteiger partial charge in [-0.3, -0.25) is 23.9 Å². The van der Waals surface area contributed by atoms with E-state index in [-0.39, 0.29) is 61.1 Å². The summed E-state index contributed by atoms with van der Waals surface area (Å²) in [5, 5.41) is 0.852. The Hall–Kier alpha value is -5.18. The van der Waals surface area contributed by atoms with Crippen molar-refractivity contribution in [2.45, 2.75) is 115 Å². The Bertz CT molecular complexity index is 2420. The molecule has 0 spiro atoms. The number of allylic oxidation sites excluding steroid dienone is 2. The third-order valence-corrected chi connectivity index (χ3v) is 14.9. The van der Waals surface area contributed by atoms with Crippen molar-refractivity contribution in [2.75, 3.05) is 26.9 Å². The van der Waals surface area contributed by atoms with E-state index < -0.39 is 56.2 Å². The second kappa shape index (κ2) is 17.4. The molecule has 63 heavy (non-hydrogen) atoms. The maximum absolute atomic E-state index is 15.1. The molecule has 2 amide bonds. The molecule has 3 fully saturated rings. The molecule has 0 unspecified atom stereocenters. The van der Waals surface area contributed by atoms with Crippen molar-refractivity contribution in [2.24, 2.45) is 29.1 Å². The van der Waals surface area contributed by atoms with Crippen LogP contribution in [0.1, 0.15) is 92.4 Å². The summed E-state index contributed by atoms with van der Waals surface area (Å²) in [5.74, 6) is -0.989. The van der Waals surface area contributed by atoms with Gasteiger partial charge < -0.3 is 28.6 Å². The minimum absolute atomic E-state index is 0.00843. The van der Waals surface area contributed by atoms with Crippen LogP contribution in [0.2, 0.25) is 0 Å². The van der Waals surface area contributed by atoms with Crippen LogP contribution in [0.5, 0.6) is 23.1 Å². The smallest absolute Gasteiger partial charge is 0.307 e. The van der Waals surface area contributed by atoms with Crippen LogP contribution in [0.3, 0.4) is 0 Å². The monoisotopic (exact) mass is 885 g/mol. The molecule has 5 aliphatic rings. The number of carbonyl (C=O) groups excluding carboxylic acids is 4. The summed E-state index contributed by atoms with van der Waals surface area (Å²) >= 11 is 0. The van der Waals surface area contributed by atoms with E-state index in [4.69, 9.17) is 28.7 Å². The molecule has 0 bridgehead atoms. The predicted molar refractivity (Wildman–Crippen MR) is 235 cm³/mol. The molecule has 2 aromatic carbocycles. The Kier molecular flexibility index (Phi) is 12.3. The van der Waals surface area contributed by atoms with Crippen molar-refractivity contribution < 1.29 is 51.3 Å². The number of sulfonamides is 1. The van der Waals surface area contributed by atoms with Gasteiger partial charge in [-0.1, -0.05) is 26.0 Å². The van der Waals surface area contributed by atoms with Crippen LogP contribution in [0.15, 0.2) is 54.6 Å². The number of carbonyl (C=O) groups is 4. The first-order valence-corrected chi connectivity index (χ1v) is 23.8. The summed E-state index contributed by atoms with van der Waals surface area (Å²) in [7, 11) is -2.30. The van der Waals surface area contributed by atoms with Gasteiger partial charge in [0, 0.05) is 23.8 Å². The predicted octanol–water partition coefficient (Wildman–Crippen LogP) is 6.96. The highest BCUT2D eigenvalue weighted by Crippen LogP contribution is 2.57. The first kappa shape index (κ1) is 44.4. The number of aromatic nitrogens is 1. The molecule has 2 saturated carbocycles. The van der Waals surface area contributed by atoms with Crippen molar-refractivity contribution >= 4 is 44.4 Å². The Morgan fingerprint density at radius 2 is 1.75 bits per heavy atom. The Balaban J connectivity index is 1.16. The van der Waals surface area contributed by atoms with Crippen LogP contribution in [0.25, 0.3) is 22.0 Å². The minimum atomic E-state index is -3.89. The average Bonchev–Trinajstić information content (AvgIpc) is 4.16. The second-order valence-electron chi connectivity index (χ2n) is 19.2. The maximum atomic E-state index is 15.1. The summed E-state index contributed by atoms with van der Waals surface area (Å²) in [4.78, 5) is 64.1. The van der Waals surface area contributed by atoms with Crippen LogP contribution in [-0.4, -0.2) is 91.7 Å². The summed E-state index contributed by atoms with van der Waals surface area (Å²) in [6.45, 7) is 10.3. The van der Waals surface area contributed by atoms with Crippen LogP contribution in [-0.2, 0) is 33.9 Å². The molecule has 2 aliphatic carbocycles. The number of ketones is 1. The van der Waals surface area contributed by atoms with E-state index in [0.717, 1.165) is 17.4 Å². The third kappa shape index (κ3) is 9.83. The highest BCUT2D eigenvalue weighted by Gasteiger charge is 2.61. The first-order chi connectivity index (χ1) is 29.9. The van der Waals surface area contributed by atoms with Gasteiger partial charge in [0.1, 0.15) is 30.7 Å². The van der Waals surface area contributed by atoms with E-state index in [0.29, 0.717) is 73.6 Å². The second-order valence-corrected chi connectivity index (χ2v) is 21.2. The largest absolute Gasteiger partial charge is 0.497 e. The normalized spacial score (nSPS) is 28.2. The summed E-state index contributed by atoms with van der Waals surface area (Å²) in [5.41, 5.74) is -0.714. The molecule has 3 aliphatic heterocycles. The topological polar surface area (TPSA) is 177 Å². The fraction of sp³-hybridized carbons (Fsp3) is 0.562. The standard InChI is InChI=1S/C48H59N3O11S/c1-28-9-7-8-10-32-25-48(32,46(55)50-63(56,57)35-13-14-35)26-40(52)39-23-34(27-51(39)45(54)37(29(2)19-28)24-43(53)62-47(3,4)5)61-44-36-15-12-33(58-6)20-31(36)21-38(49-44)30-11-16-41-42(22-30)60-18-17-59-41/h8,10-12,15-16,20-22,28-29,32,34-35,37,39H,7,9,13-14,17-19,23-27H2,1-6H3,(H,50,55)/b10-8-/t28-,29+,32+,34+,37-,39-,48+/m0/s1. The molecule has 338 valence electrons. The minimum Gasteiger partial charge on any atom is -0.497 e. The molecule has 7 atom stereocenters. The number of nitrogens with one attached hydrogen (secondary N) is 1. The molecular formula is C48H59N3O11S. The molecule has 8 rings (SSSR count). The van der Waals surface area contributed by atoms with Gasteiger partial charge in [0.25, 0.3) is 0 Å². The van der Waals surface area contributed by atoms with Crippen LogP contribution in [0, 0.1) is 29.1 Å². The molecule has 1 aromatic heterocycles. The number of esters is 1. The number of nitrogens with zero attached hydrogens (tertiary/aromatic N) is 2. The van der Waals surface area contributed by atoms with Gasteiger partial charge in [0.15, 0.2) is 17.3 Å². The van der Waals surface area contributed by atoms with Crippen LogP contribution < -0.4 is 23.7 Å². The highest BCUT2D eigenvalue weighted by atomic mass is 32.2. The number of hydrogen-bond donors (Lipinski definition) is 1. The van der Waals surface area contributed by atoms with Crippen molar-refractivity contribution in [1.82, 2.24) is 14.6 Å². The average molecular weight is 886 g/mol. The van der Waals surface area contributed by atoms with Gasteiger partial charge in [-0.15, -0.1) is 0 Å². The Morgan fingerprint density at radius 3 is 2.48 bits per heavy atom. The lowest BCUT2D eigenvalue weighted by Crippen LogP contribution is -2.47. The van der Waals surface area contributed by atoms with E-state index in [9.17, 15) is 22.8 Å². The van der Waals surface area contributed by atoms with Gasteiger partial charge in [-0.25, -0.2) is 13.4 Å². The van der Waals surface area contributed by atoms with Crippen LogP contribution in [0.4, 0.5) is 0 Å². The number of ether oxygens (including phenoxy) is 5. The molecule has 1 saturated heterocycles. The molecule has 15 heteroatoms. The zero-order valence-corrected chi connectivity index (χ0v) is 37.8. The van der Waals surface area contributed by atoms with Gasteiger partial charge in [-0.2, -0.15) is 0 Å². The number of rotatable bonds is 9. The molecular weight excluding hydrogens is 827 g/mol. The number of amides is 2. The first-order valence-electron chi connectivity index (χ1n) is 22.3. The molecule has 0 radical (unpaired) electrons. The van der Waals surface area contributed by atoms with Crippen molar-refractivity contribution in [3.8, 4) is 34.4 Å². The number of Topliss-reactive ketones (excluding diaryl/α,β-unsaturated/α-hetero) is 1. The number of benzene rings is 2. The lowest BCUT2D eigenvalue weighted by molar-refractivity contribution is -0.160. The summed E-state index contributed by atoms with van der Waals surface area (Å²) in [6, 6.07) is 12.0. The fourth-order valence-electron chi connectivity index (χ4n) is 9.48. The Labute approximate surface area is 369 Å². The molecule has 1 N–H and O–H groups in total. The molecule has 3 aromatic rings. The van der Waals surface area contributed by atoms with Crippen molar-refractivity contribution in [3.63, 3.8) is 0 Å². The zero-order chi connectivity index (χ0) is 44.8. The quantitative estimate of drug-likeness (QED) is 0.173. The van der Waals surface area contributed by atoms with E-state index >= 15 is 4.79 Å². The van der Waals surface area contributed by atoms with Crippen molar-refractivity contribution in [3.05, 3.63) is 54.6 Å². The molecule has 4 heterocycles. The van der Waals surface area contributed by atoms with E-state index in [1.807, 2.05) is 61.5 Å². The SMILES string of the molecule is COc1ccc2c(O[C@@H]3C[C@H]4C(=O)C[C@]5(C(=O)NS(=O)(=O)C6CC6)C[C@H]5/C=C\CC[C@H](C)C[C@@H](C)[C@H](CC(=O)OC(C)(C)C)C(=O)N4C3)nc(-c3ccc4c(c3)OCCO4)cc2c1. The summed E-state index contributed by atoms with van der Waals surface area (Å²) in [6.07, 6.45) is 6.32. The number of fused-ring (bicyclic) bond motifs is 4. The van der Waals surface area contributed by atoms with Gasteiger partial charge >= 0.3 is 5.97 Å². The van der Waals surface area contributed by atoms with E-state index in [2.05, 4.69) is 11.6 Å². The van der Waals surface area contributed by atoms with Crippen LogP contribution >= 0.6 is 0 Å². The Morgan fingerprint density at radius 1 is 0.984 bits per heavy atom. The third-order valence-electron chi connectivity index (χ3n) is 13.1. The van der Waals surface area contributed by atoms with Gasteiger partial charge in [-0.05, 0) is 125 Å². The zero-order valence-electron chi connectivity index (χ0n) is 37.0. The number of hydrogen-bond acceptors (Lipinski definition) is 12. The lowest BCUT2D eigenvalue weighted by Gasteiger charge is -2.32.